The molecular weight excluding hydrogens is 324 g/mol. The van der Waals surface area contributed by atoms with E-state index in [0.29, 0.717) is 48.0 Å². The van der Waals surface area contributed by atoms with Crippen LogP contribution < -0.4 is 5.32 Å². The van der Waals surface area contributed by atoms with Crippen LogP contribution in [0.1, 0.15) is 18.4 Å². The van der Waals surface area contributed by atoms with E-state index in [1.54, 1.807) is 25.1 Å². The van der Waals surface area contributed by atoms with E-state index < -0.39 is 15.6 Å². The van der Waals surface area contributed by atoms with Crippen LogP contribution in [-0.2, 0) is 10.0 Å². The summed E-state index contributed by atoms with van der Waals surface area (Å²) in [7, 11) is -3.55. The average molecular weight is 345 g/mol. The molecule has 7 heteroatoms. The molecule has 3 rings (SSSR count). The first-order chi connectivity index (χ1) is 10.3. The molecule has 2 atom stereocenters. The smallest absolute Gasteiger partial charge is 0.243 e. The van der Waals surface area contributed by atoms with E-state index in [4.69, 9.17) is 11.6 Å². The van der Waals surface area contributed by atoms with Gasteiger partial charge in [0.15, 0.2) is 0 Å². The van der Waals surface area contributed by atoms with Crippen molar-refractivity contribution in [1.82, 2.24) is 9.62 Å². The second kappa shape index (κ2) is 5.76. The van der Waals surface area contributed by atoms with Gasteiger partial charge in [0, 0.05) is 30.6 Å². The quantitative estimate of drug-likeness (QED) is 0.850. The number of piperidine rings is 2. The Hall–Kier alpha value is -0.660. The van der Waals surface area contributed by atoms with Crippen LogP contribution in [0.5, 0.6) is 0 Å². The van der Waals surface area contributed by atoms with Crippen LogP contribution in [0.2, 0.25) is 5.02 Å². The third kappa shape index (κ3) is 2.78. The zero-order chi connectivity index (χ0) is 16.0. The fourth-order valence-electron chi connectivity index (χ4n) is 3.45. The third-order valence-corrected chi connectivity index (χ3v) is 7.12. The van der Waals surface area contributed by atoms with Gasteiger partial charge < -0.3 is 10.4 Å². The molecule has 2 unspecified atom stereocenters. The van der Waals surface area contributed by atoms with Crippen molar-refractivity contribution in [2.24, 2.45) is 5.92 Å². The Balaban J connectivity index is 1.87. The minimum atomic E-state index is -3.55. The second-order valence-electron chi connectivity index (χ2n) is 6.28. The number of aryl methyl sites for hydroxylation is 1. The van der Waals surface area contributed by atoms with Gasteiger partial charge in [-0.2, -0.15) is 4.31 Å². The lowest BCUT2D eigenvalue weighted by atomic mass is 9.77. The Morgan fingerprint density at radius 1 is 1.41 bits per heavy atom. The lowest BCUT2D eigenvalue weighted by Gasteiger charge is -2.47. The number of benzene rings is 1. The molecule has 2 fully saturated rings. The Morgan fingerprint density at radius 3 is 2.91 bits per heavy atom. The van der Waals surface area contributed by atoms with E-state index in [2.05, 4.69) is 5.32 Å². The molecule has 2 aliphatic rings. The predicted octanol–water partition coefficient (Wildman–Crippen LogP) is 1.38. The van der Waals surface area contributed by atoms with Gasteiger partial charge in [-0.1, -0.05) is 11.6 Å². The van der Waals surface area contributed by atoms with E-state index in [-0.39, 0.29) is 5.92 Å². The molecule has 2 saturated heterocycles. The standard InChI is InChI=1S/C15H21ClN2O3S/c1-11-8-13(16)2-3-14(11)22(20,21)18-7-5-15(19)4-6-17-9-12(15)10-18/h2-3,8,12,17,19H,4-7,9-10H2,1H3. The molecule has 1 aromatic rings. The molecule has 2 heterocycles. The number of nitrogens with zero attached hydrogens (tertiary/aromatic N) is 1. The molecule has 0 amide bonds. The molecule has 1 aromatic carbocycles. The highest BCUT2D eigenvalue weighted by molar-refractivity contribution is 7.89. The maximum absolute atomic E-state index is 12.9. The summed E-state index contributed by atoms with van der Waals surface area (Å²) < 4.78 is 27.3. The molecule has 22 heavy (non-hydrogen) atoms. The minimum Gasteiger partial charge on any atom is -0.389 e. The maximum atomic E-state index is 12.9. The van der Waals surface area contributed by atoms with Gasteiger partial charge in [-0.25, -0.2) is 8.42 Å². The molecule has 0 aromatic heterocycles. The van der Waals surface area contributed by atoms with Crippen molar-refractivity contribution >= 4 is 21.6 Å². The molecule has 5 nitrogen and oxygen atoms in total. The predicted molar refractivity (Wildman–Crippen MR) is 85.5 cm³/mol. The fraction of sp³-hybridized carbons (Fsp3) is 0.600. The third-order valence-electron chi connectivity index (χ3n) is 4.86. The summed E-state index contributed by atoms with van der Waals surface area (Å²) in [5.74, 6) is -0.0580. The summed E-state index contributed by atoms with van der Waals surface area (Å²) in [5, 5.41) is 14.4. The van der Waals surface area contributed by atoms with Crippen molar-refractivity contribution < 1.29 is 13.5 Å². The zero-order valence-corrected chi connectivity index (χ0v) is 14.1. The first-order valence-corrected chi connectivity index (χ1v) is 9.34. The summed E-state index contributed by atoms with van der Waals surface area (Å²) in [5.41, 5.74) is -0.0816. The van der Waals surface area contributed by atoms with Gasteiger partial charge in [0.2, 0.25) is 10.0 Å². The molecule has 0 radical (unpaired) electrons. The van der Waals surface area contributed by atoms with E-state index in [1.807, 2.05) is 0 Å². The zero-order valence-electron chi connectivity index (χ0n) is 12.5. The molecule has 122 valence electrons. The number of sulfonamides is 1. The normalized spacial score (nSPS) is 30.0. The van der Waals surface area contributed by atoms with Crippen LogP contribution in [0, 0.1) is 12.8 Å². The monoisotopic (exact) mass is 344 g/mol. The SMILES string of the molecule is Cc1cc(Cl)ccc1S(=O)(=O)N1CCC2(O)CCNCC2C1. The lowest BCUT2D eigenvalue weighted by molar-refractivity contribution is -0.0744. The summed E-state index contributed by atoms with van der Waals surface area (Å²) >= 11 is 5.91. The van der Waals surface area contributed by atoms with Crippen molar-refractivity contribution in [3.8, 4) is 0 Å². The van der Waals surface area contributed by atoms with Crippen LogP contribution in [0.3, 0.4) is 0 Å². The van der Waals surface area contributed by atoms with Crippen LogP contribution in [0.4, 0.5) is 0 Å². The average Bonchev–Trinajstić information content (AvgIpc) is 2.45. The van der Waals surface area contributed by atoms with E-state index in [9.17, 15) is 13.5 Å². The van der Waals surface area contributed by atoms with Crippen molar-refractivity contribution in [2.75, 3.05) is 26.2 Å². The van der Waals surface area contributed by atoms with Crippen LogP contribution in [-0.4, -0.2) is 49.6 Å². The van der Waals surface area contributed by atoms with Gasteiger partial charge in [0.25, 0.3) is 0 Å². The first kappa shape index (κ1) is 16.2. The summed E-state index contributed by atoms with van der Waals surface area (Å²) in [6.45, 7) is 3.91. The summed E-state index contributed by atoms with van der Waals surface area (Å²) in [6.07, 6.45) is 1.18. The Labute approximate surface area is 136 Å². The number of aliphatic hydroxyl groups is 1. The van der Waals surface area contributed by atoms with Crippen LogP contribution in [0.15, 0.2) is 23.1 Å². The Bertz CT molecular complexity index is 679. The van der Waals surface area contributed by atoms with Crippen LogP contribution >= 0.6 is 11.6 Å². The van der Waals surface area contributed by atoms with E-state index in [1.165, 1.54) is 4.31 Å². The summed E-state index contributed by atoms with van der Waals surface area (Å²) in [4.78, 5) is 0.297. The van der Waals surface area contributed by atoms with Gasteiger partial charge in [0.05, 0.1) is 10.5 Å². The van der Waals surface area contributed by atoms with Crippen molar-refractivity contribution in [2.45, 2.75) is 30.3 Å². The van der Waals surface area contributed by atoms with Crippen molar-refractivity contribution in [1.29, 1.82) is 0 Å². The number of rotatable bonds is 2. The molecule has 2 N–H and O–H groups in total. The number of nitrogens with one attached hydrogen (secondary N) is 1. The number of halogens is 1. The highest BCUT2D eigenvalue weighted by Gasteiger charge is 2.45. The van der Waals surface area contributed by atoms with Crippen molar-refractivity contribution in [3.63, 3.8) is 0 Å². The molecule has 0 saturated carbocycles. The molecule has 0 spiro atoms. The molecule has 0 aliphatic carbocycles. The minimum absolute atomic E-state index is 0.0580. The van der Waals surface area contributed by atoms with E-state index >= 15 is 0 Å². The Morgan fingerprint density at radius 2 is 2.18 bits per heavy atom. The maximum Gasteiger partial charge on any atom is 0.243 e. The second-order valence-corrected chi connectivity index (χ2v) is 8.62. The first-order valence-electron chi connectivity index (χ1n) is 7.52. The van der Waals surface area contributed by atoms with Gasteiger partial charge >= 0.3 is 0 Å². The highest BCUT2D eigenvalue weighted by Crippen LogP contribution is 2.35. The van der Waals surface area contributed by atoms with Gasteiger partial charge in [-0.15, -0.1) is 0 Å². The number of hydrogen-bond acceptors (Lipinski definition) is 4. The molecule has 2 aliphatic heterocycles. The topological polar surface area (TPSA) is 69.6 Å². The van der Waals surface area contributed by atoms with Gasteiger partial charge in [-0.3, -0.25) is 0 Å². The largest absolute Gasteiger partial charge is 0.389 e. The fourth-order valence-corrected chi connectivity index (χ4v) is 5.37. The molecular formula is C15H21ClN2O3S. The van der Waals surface area contributed by atoms with Crippen molar-refractivity contribution in [3.05, 3.63) is 28.8 Å². The number of hydrogen-bond donors (Lipinski definition) is 2. The highest BCUT2D eigenvalue weighted by atomic mass is 35.5. The van der Waals surface area contributed by atoms with Gasteiger partial charge in [-0.05, 0) is 50.1 Å². The lowest BCUT2D eigenvalue weighted by Crippen LogP contribution is -2.59. The Kier molecular flexibility index (Phi) is 4.24. The van der Waals surface area contributed by atoms with Crippen LogP contribution in [0.25, 0.3) is 0 Å². The van der Waals surface area contributed by atoms with E-state index in [0.717, 1.165) is 6.54 Å². The molecule has 0 bridgehead atoms. The summed E-state index contributed by atoms with van der Waals surface area (Å²) in [6, 6.07) is 4.83. The number of fused-ring (bicyclic) bond motifs is 1. The van der Waals surface area contributed by atoms with Gasteiger partial charge in [0.1, 0.15) is 0 Å².